The van der Waals surface area contributed by atoms with Crippen LogP contribution < -0.4 is 0 Å². The van der Waals surface area contributed by atoms with Crippen molar-refractivity contribution >= 4 is 27.3 Å². The fourth-order valence-electron chi connectivity index (χ4n) is 1.31. The number of nitrogens with zero attached hydrogens (tertiary/aromatic N) is 4. The van der Waals surface area contributed by atoms with E-state index in [-0.39, 0.29) is 5.41 Å². The van der Waals surface area contributed by atoms with E-state index in [1.54, 1.807) is 11.3 Å². The molecule has 1 saturated carbocycles. The van der Waals surface area contributed by atoms with Crippen molar-refractivity contribution in [1.82, 2.24) is 4.98 Å². The van der Waals surface area contributed by atoms with Crippen molar-refractivity contribution in [1.29, 1.82) is 0 Å². The van der Waals surface area contributed by atoms with Gasteiger partial charge in [0.1, 0.15) is 0 Å². The van der Waals surface area contributed by atoms with Crippen molar-refractivity contribution in [3.63, 3.8) is 0 Å². The maximum Gasteiger partial charge on any atom is 0.159 e. The number of aromatic nitrogens is 1. The van der Waals surface area contributed by atoms with E-state index >= 15 is 0 Å². The van der Waals surface area contributed by atoms with Gasteiger partial charge in [0.25, 0.3) is 0 Å². The lowest BCUT2D eigenvalue weighted by molar-refractivity contribution is 0.680. The Labute approximate surface area is 87.7 Å². The van der Waals surface area contributed by atoms with Crippen molar-refractivity contribution in [3.8, 4) is 0 Å². The minimum absolute atomic E-state index is 0.0642. The van der Waals surface area contributed by atoms with Gasteiger partial charge < -0.3 is 0 Å². The quantitative estimate of drug-likeness (QED) is 0.467. The van der Waals surface area contributed by atoms with Crippen LogP contribution in [-0.4, -0.2) is 11.5 Å². The Hall–Kier alpha value is -0.580. The number of rotatable bonds is 3. The molecule has 1 aromatic rings. The van der Waals surface area contributed by atoms with Crippen molar-refractivity contribution in [3.05, 3.63) is 25.4 Å². The number of hydrogen-bond acceptors (Lipinski definition) is 3. The Kier molecular flexibility index (Phi) is 2.27. The van der Waals surface area contributed by atoms with E-state index < -0.39 is 0 Å². The van der Waals surface area contributed by atoms with Gasteiger partial charge in [-0.1, -0.05) is 5.11 Å². The molecule has 1 aliphatic rings. The second kappa shape index (κ2) is 3.29. The number of thiazole rings is 1. The van der Waals surface area contributed by atoms with Crippen LogP contribution in [0.1, 0.15) is 18.5 Å². The molecule has 0 N–H and O–H groups in total. The molecule has 13 heavy (non-hydrogen) atoms. The second-order valence-electron chi connectivity index (χ2n) is 3.16. The highest BCUT2D eigenvalue weighted by Crippen LogP contribution is 2.48. The van der Waals surface area contributed by atoms with Gasteiger partial charge in [0, 0.05) is 22.3 Å². The third kappa shape index (κ3) is 1.70. The Morgan fingerprint density at radius 2 is 2.54 bits per heavy atom. The Balaban J connectivity index is 2.20. The number of hydrogen-bond donors (Lipinski definition) is 0. The van der Waals surface area contributed by atoms with E-state index in [1.165, 1.54) is 0 Å². The fraction of sp³-hybridized carbons (Fsp3) is 0.571. The molecule has 0 atom stereocenters. The number of halogens is 1. The van der Waals surface area contributed by atoms with Gasteiger partial charge in [0.2, 0.25) is 0 Å². The minimum Gasteiger partial charge on any atom is -0.234 e. The molecule has 4 nitrogen and oxygen atoms in total. The summed E-state index contributed by atoms with van der Waals surface area (Å²) in [7, 11) is 0. The molecule has 0 aromatic carbocycles. The fourth-order valence-corrected chi connectivity index (χ4v) is 2.44. The summed E-state index contributed by atoms with van der Waals surface area (Å²) in [6.45, 7) is 0.541. The Morgan fingerprint density at radius 1 is 1.77 bits per heavy atom. The average Bonchev–Trinajstić information content (AvgIpc) is 2.80. The highest BCUT2D eigenvalue weighted by atomic mass is 79.9. The molecule has 1 heterocycles. The molecule has 0 bridgehead atoms. The molecule has 6 heteroatoms. The van der Waals surface area contributed by atoms with E-state index in [1.807, 2.05) is 5.38 Å². The lowest BCUT2D eigenvalue weighted by atomic mass is 10.1. The number of azide groups is 1. The van der Waals surface area contributed by atoms with Crippen molar-refractivity contribution in [2.24, 2.45) is 5.11 Å². The molecular formula is C7H7BrN4S. The first-order valence-electron chi connectivity index (χ1n) is 3.89. The zero-order chi connectivity index (χ0) is 9.31. The Bertz CT molecular complexity index is 364. The first kappa shape index (κ1) is 8.99. The van der Waals surface area contributed by atoms with Crippen molar-refractivity contribution in [2.75, 3.05) is 6.54 Å². The van der Waals surface area contributed by atoms with Gasteiger partial charge in [0.15, 0.2) is 3.92 Å². The van der Waals surface area contributed by atoms with Crippen LogP contribution in [0.25, 0.3) is 10.4 Å². The first-order chi connectivity index (χ1) is 6.27. The second-order valence-corrected chi connectivity index (χ2v) is 5.29. The molecule has 68 valence electrons. The summed E-state index contributed by atoms with van der Waals surface area (Å²) in [4.78, 5) is 7.13. The van der Waals surface area contributed by atoms with E-state index in [9.17, 15) is 0 Å². The summed E-state index contributed by atoms with van der Waals surface area (Å²) in [5.41, 5.74) is 9.37. The predicted octanol–water partition coefficient (Wildman–Crippen LogP) is 3.25. The van der Waals surface area contributed by atoms with E-state index in [4.69, 9.17) is 5.53 Å². The lowest BCUT2D eigenvalue weighted by Gasteiger charge is -2.06. The van der Waals surface area contributed by atoms with Gasteiger partial charge in [-0.3, -0.25) is 0 Å². The molecule has 0 radical (unpaired) electrons. The molecule has 2 rings (SSSR count). The SMILES string of the molecule is [N-]=[N+]=NCC1(c2csc(Br)n2)CC1. The first-order valence-corrected chi connectivity index (χ1v) is 5.56. The smallest absolute Gasteiger partial charge is 0.159 e. The van der Waals surface area contributed by atoms with Crippen LogP contribution in [0, 0.1) is 0 Å². The third-order valence-electron chi connectivity index (χ3n) is 2.31. The van der Waals surface area contributed by atoms with E-state index in [2.05, 4.69) is 30.9 Å². The third-order valence-corrected chi connectivity index (χ3v) is 3.67. The summed E-state index contributed by atoms with van der Waals surface area (Å²) < 4.78 is 0.898. The molecule has 0 spiro atoms. The maximum atomic E-state index is 8.24. The van der Waals surface area contributed by atoms with Crippen molar-refractivity contribution in [2.45, 2.75) is 18.3 Å². The predicted molar refractivity (Wildman–Crippen MR) is 54.7 cm³/mol. The molecule has 0 saturated heterocycles. The topological polar surface area (TPSA) is 61.7 Å². The van der Waals surface area contributed by atoms with Crippen LogP contribution >= 0.6 is 27.3 Å². The highest BCUT2D eigenvalue weighted by molar-refractivity contribution is 9.11. The van der Waals surface area contributed by atoms with E-state index in [0.29, 0.717) is 6.54 Å². The normalized spacial score (nSPS) is 17.9. The maximum absolute atomic E-state index is 8.24. The van der Waals surface area contributed by atoms with Crippen LogP contribution in [0.2, 0.25) is 0 Å². The molecular weight excluding hydrogens is 252 g/mol. The monoisotopic (exact) mass is 258 g/mol. The molecule has 1 aromatic heterocycles. The largest absolute Gasteiger partial charge is 0.234 e. The van der Waals surface area contributed by atoms with E-state index in [0.717, 1.165) is 22.5 Å². The van der Waals surface area contributed by atoms with Crippen molar-refractivity contribution < 1.29 is 0 Å². The summed E-state index contributed by atoms with van der Waals surface area (Å²) >= 11 is 4.90. The minimum atomic E-state index is 0.0642. The van der Waals surface area contributed by atoms with Gasteiger partial charge in [-0.2, -0.15) is 0 Å². The zero-order valence-corrected chi connectivity index (χ0v) is 9.18. The molecule has 0 amide bonds. The van der Waals surface area contributed by atoms with Gasteiger partial charge in [0.05, 0.1) is 5.69 Å². The summed E-state index contributed by atoms with van der Waals surface area (Å²) in [5, 5.41) is 5.65. The summed E-state index contributed by atoms with van der Waals surface area (Å²) in [6, 6.07) is 0. The van der Waals surface area contributed by atoms with Crippen LogP contribution in [0.5, 0.6) is 0 Å². The molecule has 0 aliphatic heterocycles. The van der Waals surface area contributed by atoms with Crippen LogP contribution in [-0.2, 0) is 5.41 Å². The molecule has 1 aliphatic carbocycles. The summed E-state index contributed by atoms with van der Waals surface area (Å²) in [6.07, 6.45) is 2.17. The van der Waals surface area contributed by atoms with Crippen LogP contribution in [0.15, 0.2) is 14.4 Å². The summed E-state index contributed by atoms with van der Waals surface area (Å²) in [5.74, 6) is 0. The van der Waals surface area contributed by atoms with Gasteiger partial charge in [-0.05, 0) is 34.3 Å². The average molecular weight is 259 g/mol. The van der Waals surface area contributed by atoms with Gasteiger partial charge in [-0.25, -0.2) is 4.98 Å². The van der Waals surface area contributed by atoms with Gasteiger partial charge in [-0.15, -0.1) is 11.3 Å². The van der Waals surface area contributed by atoms with Gasteiger partial charge >= 0.3 is 0 Å². The van der Waals surface area contributed by atoms with Crippen LogP contribution in [0.3, 0.4) is 0 Å². The zero-order valence-electron chi connectivity index (χ0n) is 6.77. The highest BCUT2D eigenvalue weighted by Gasteiger charge is 2.45. The molecule has 0 unspecified atom stereocenters. The van der Waals surface area contributed by atoms with Crippen LogP contribution in [0.4, 0.5) is 0 Å². The standard InChI is InChI=1S/C7H7BrN4S/c8-6-11-5(3-13-6)7(1-2-7)4-10-12-9/h3H,1-2,4H2. The lowest BCUT2D eigenvalue weighted by Crippen LogP contribution is -2.10. The molecule has 1 fully saturated rings. The Morgan fingerprint density at radius 3 is 3.00 bits per heavy atom.